The first-order valence-electron chi connectivity index (χ1n) is 6.24. The molecule has 1 atom stereocenters. The zero-order valence-electron chi connectivity index (χ0n) is 10.8. The van der Waals surface area contributed by atoms with Crippen molar-refractivity contribution in [2.45, 2.75) is 19.5 Å². The second kappa shape index (κ2) is 6.16. The topological polar surface area (TPSA) is 49.3 Å². The van der Waals surface area contributed by atoms with Gasteiger partial charge in [-0.25, -0.2) is 0 Å². The third kappa shape index (κ3) is 3.42. The average Bonchev–Trinajstić information content (AvgIpc) is 2.42. The van der Waals surface area contributed by atoms with Crippen LogP contribution >= 0.6 is 0 Å². The normalized spacial score (nSPS) is 12.1. The summed E-state index contributed by atoms with van der Waals surface area (Å²) in [5.74, 6) is -0.856. The highest BCUT2D eigenvalue weighted by Gasteiger charge is 2.20. The van der Waals surface area contributed by atoms with Crippen molar-refractivity contribution in [1.29, 1.82) is 0 Å². The van der Waals surface area contributed by atoms with Gasteiger partial charge in [-0.3, -0.25) is 10.1 Å². The predicted octanol–water partition coefficient (Wildman–Crippen LogP) is 2.91. The summed E-state index contributed by atoms with van der Waals surface area (Å²) in [6.07, 6.45) is 0. The maximum Gasteiger partial charge on any atom is 0.325 e. The molecule has 2 N–H and O–H groups in total. The molecular formula is C16H17NO2. The molecule has 2 aromatic rings. The Morgan fingerprint density at radius 3 is 2.37 bits per heavy atom. The van der Waals surface area contributed by atoms with E-state index in [1.54, 1.807) is 0 Å². The molecule has 0 aliphatic rings. The number of hydrogen-bond donors (Lipinski definition) is 2. The van der Waals surface area contributed by atoms with Gasteiger partial charge in [0.15, 0.2) is 0 Å². The molecule has 0 saturated carbocycles. The molecule has 3 heteroatoms. The SMILES string of the molecule is Cc1ccccc1C(NCc1ccccc1)C(=O)O. The molecule has 0 aliphatic carbocycles. The molecule has 1 unspecified atom stereocenters. The number of carbonyl (C=O) groups is 1. The Kier molecular flexibility index (Phi) is 4.31. The van der Waals surface area contributed by atoms with Crippen molar-refractivity contribution >= 4 is 5.97 Å². The van der Waals surface area contributed by atoms with Gasteiger partial charge in [-0.1, -0.05) is 54.6 Å². The van der Waals surface area contributed by atoms with Crippen molar-refractivity contribution in [2.75, 3.05) is 0 Å². The van der Waals surface area contributed by atoms with Gasteiger partial charge < -0.3 is 5.11 Å². The Balaban J connectivity index is 2.14. The summed E-state index contributed by atoms with van der Waals surface area (Å²) in [5, 5.41) is 12.5. The Hall–Kier alpha value is -2.13. The minimum absolute atomic E-state index is 0.534. The number of benzene rings is 2. The lowest BCUT2D eigenvalue weighted by Gasteiger charge is -2.17. The summed E-state index contributed by atoms with van der Waals surface area (Å²) in [4.78, 5) is 11.4. The second-order valence-electron chi connectivity index (χ2n) is 4.49. The van der Waals surface area contributed by atoms with Crippen molar-refractivity contribution in [2.24, 2.45) is 0 Å². The van der Waals surface area contributed by atoms with E-state index in [1.807, 2.05) is 61.5 Å². The van der Waals surface area contributed by atoms with Crippen LogP contribution in [-0.2, 0) is 11.3 Å². The number of rotatable bonds is 5. The van der Waals surface area contributed by atoms with Crippen LogP contribution in [-0.4, -0.2) is 11.1 Å². The Labute approximate surface area is 112 Å². The smallest absolute Gasteiger partial charge is 0.325 e. The molecule has 0 spiro atoms. The standard InChI is InChI=1S/C16H17NO2/c1-12-7-5-6-10-14(12)15(16(18)19)17-11-13-8-3-2-4-9-13/h2-10,15,17H,11H2,1H3,(H,18,19). The lowest BCUT2D eigenvalue weighted by molar-refractivity contribution is -0.139. The van der Waals surface area contributed by atoms with E-state index in [0.717, 1.165) is 16.7 Å². The van der Waals surface area contributed by atoms with Gasteiger partial charge in [0.05, 0.1) is 0 Å². The fourth-order valence-corrected chi connectivity index (χ4v) is 2.06. The quantitative estimate of drug-likeness (QED) is 0.863. The van der Waals surface area contributed by atoms with Crippen LogP contribution in [0.5, 0.6) is 0 Å². The molecule has 0 bridgehead atoms. The van der Waals surface area contributed by atoms with E-state index in [0.29, 0.717) is 6.54 Å². The van der Waals surface area contributed by atoms with Crippen molar-refractivity contribution in [3.8, 4) is 0 Å². The predicted molar refractivity (Wildman–Crippen MR) is 74.8 cm³/mol. The lowest BCUT2D eigenvalue weighted by Crippen LogP contribution is -2.28. The molecule has 19 heavy (non-hydrogen) atoms. The number of aryl methyl sites for hydroxylation is 1. The van der Waals surface area contributed by atoms with Crippen molar-refractivity contribution < 1.29 is 9.90 Å². The largest absolute Gasteiger partial charge is 0.480 e. The van der Waals surface area contributed by atoms with Gasteiger partial charge in [-0.2, -0.15) is 0 Å². The number of carboxylic acid groups (broad SMARTS) is 1. The van der Waals surface area contributed by atoms with E-state index in [9.17, 15) is 9.90 Å². The van der Waals surface area contributed by atoms with Gasteiger partial charge in [0.1, 0.15) is 6.04 Å². The molecule has 2 rings (SSSR count). The van der Waals surface area contributed by atoms with E-state index in [1.165, 1.54) is 0 Å². The molecule has 0 aliphatic heterocycles. The van der Waals surface area contributed by atoms with E-state index in [4.69, 9.17) is 0 Å². The summed E-state index contributed by atoms with van der Waals surface area (Å²) in [6, 6.07) is 16.7. The molecule has 0 amide bonds. The Morgan fingerprint density at radius 2 is 1.74 bits per heavy atom. The first-order chi connectivity index (χ1) is 9.18. The highest BCUT2D eigenvalue weighted by atomic mass is 16.4. The summed E-state index contributed by atoms with van der Waals surface area (Å²) in [7, 11) is 0. The minimum Gasteiger partial charge on any atom is -0.480 e. The minimum atomic E-state index is -0.856. The van der Waals surface area contributed by atoms with Gasteiger partial charge >= 0.3 is 5.97 Å². The zero-order chi connectivity index (χ0) is 13.7. The fraction of sp³-hybridized carbons (Fsp3) is 0.188. The monoisotopic (exact) mass is 255 g/mol. The summed E-state index contributed by atoms with van der Waals surface area (Å²) < 4.78 is 0. The molecule has 98 valence electrons. The van der Waals surface area contributed by atoms with Crippen LogP contribution in [0.25, 0.3) is 0 Å². The molecule has 2 aromatic carbocycles. The molecule has 0 fully saturated rings. The summed E-state index contributed by atoms with van der Waals surface area (Å²) in [5.41, 5.74) is 2.86. The van der Waals surface area contributed by atoms with Crippen LogP contribution < -0.4 is 5.32 Å². The highest BCUT2D eigenvalue weighted by molar-refractivity contribution is 5.76. The third-order valence-corrected chi connectivity index (χ3v) is 3.10. The van der Waals surface area contributed by atoms with Crippen molar-refractivity contribution in [1.82, 2.24) is 5.32 Å². The number of carboxylic acids is 1. The molecule has 0 radical (unpaired) electrons. The second-order valence-corrected chi connectivity index (χ2v) is 4.49. The maximum atomic E-state index is 11.4. The van der Waals surface area contributed by atoms with Gasteiger partial charge in [0.25, 0.3) is 0 Å². The highest BCUT2D eigenvalue weighted by Crippen LogP contribution is 2.18. The van der Waals surface area contributed by atoms with Crippen LogP contribution in [0.15, 0.2) is 54.6 Å². The van der Waals surface area contributed by atoms with E-state index < -0.39 is 12.0 Å². The Bertz CT molecular complexity index is 552. The van der Waals surface area contributed by atoms with Gasteiger partial charge in [0.2, 0.25) is 0 Å². The van der Waals surface area contributed by atoms with E-state index >= 15 is 0 Å². The lowest BCUT2D eigenvalue weighted by atomic mass is 10.0. The van der Waals surface area contributed by atoms with Crippen LogP contribution in [0.2, 0.25) is 0 Å². The maximum absolute atomic E-state index is 11.4. The van der Waals surface area contributed by atoms with Gasteiger partial charge in [-0.15, -0.1) is 0 Å². The molecule has 0 heterocycles. The summed E-state index contributed by atoms with van der Waals surface area (Å²) in [6.45, 7) is 2.46. The third-order valence-electron chi connectivity index (χ3n) is 3.10. The first kappa shape index (κ1) is 13.3. The number of aliphatic carboxylic acids is 1. The molecular weight excluding hydrogens is 238 g/mol. The number of hydrogen-bond acceptors (Lipinski definition) is 2. The zero-order valence-corrected chi connectivity index (χ0v) is 10.8. The van der Waals surface area contributed by atoms with Crippen LogP contribution in [0.4, 0.5) is 0 Å². The molecule has 3 nitrogen and oxygen atoms in total. The first-order valence-corrected chi connectivity index (χ1v) is 6.24. The van der Waals surface area contributed by atoms with Crippen molar-refractivity contribution in [3.05, 3.63) is 71.3 Å². The van der Waals surface area contributed by atoms with Crippen molar-refractivity contribution in [3.63, 3.8) is 0 Å². The van der Waals surface area contributed by atoms with Crippen LogP contribution in [0.1, 0.15) is 22.7 Å². The molecule has 0 saturated heterocycles. The Morgan fingerprint density at radius 1 is 1.11 bits per heavy atom. The van der Waals surface area contributed by atoms with Gasteiger partial charge in [0, 0.05) is 6.54 Å². The van der Waals surface area contributed by atoms with E-state index in [2.05, 4.69) is 5.32 Å². The number of nitrogens with one attached hydrogen (secondary N) is 1. The fourth-order valence-electron chi connectivity index (χ4n) is 2.06. The molecule has 0 aromatic heterocycles. The van der Waals surface area contributed by atoms with Crippen LogP contribution in [0, 0.1) is 6.92 Å². The van der Waals surface area contributed by atoms with Gasteiger partial charge in [-0.05, 0) is 23.6 Å². The van der Waals surface area contributed by atoms with Crippen LogP contribution in [0.3, 0.4) is 0 Å². The summed E-state index contributed by atoms with van der Waals surface area (Å²) >= 11 is 0. The average molecular weight is 255 g/mol. The van der Waals surface area contributed by atoms with E-state index in [-0.39, 0.29) is 0 Å².